The molecule has 23 heavy (non-hydrogen) atoms. The van der Waals surface area contributed by atoms with Gasteiger partial charge in [-0.05, 0) is 44.0 Å². The van der Waals surface area contributed by atoms with Gasteiger partial charge in [0.15, 0.2) is 0 Å². The van der Waals surface area contributed by atoms with Gasteiger partial charge < -0.3 is 10.4 Å². The van der Waals surface area contributed by atoms with Gasteiger partial charge in [0.25, 0.3) is 0 Å². The van der Waals surface area contributed by atoms with E-state index in [2.05, 4.69) is 5.32 Å². The summed E-state index contributed by atoms with van der Waals surface area (Å²) in [6, 6.07) is 13.5. The SMILES string of the molecule is CC(C)(C)NCc1ccccc1S(=O)(=O)c1ccccc1CO. The molecule has 0 amide bonds. The Morgan fingerprint density at radius 1 is 0.913 bits per heavy atom. The maximum atomic E-state index is 13.0. The van der Waals surface area contributed by atoms with Crippen LogP contribution in [-0.4, -0.2) is 19.1 Å². The topological polar surface area (TPSA) is 66.4 Å². The van der Waals surface area contributed by atoms with E-state index < -0.39 is 9.84 Å². The lowest BCUT2D eigenvalue weighted by Gasteiger charge is -2.22. The van der Waals surface area contributed by atoms with Gasteiger partial charge in [0.1, 0.15) is 0 Å². The number of sulfone groups is 1. The molecular weight excluding hydrogens is 310 g/mol. The van der Waals surface area contributed by atoms with E-state index in [1.54, 1.807) is 30.3 Å². The average Bonchev–Trinajstić information content (AvgIpc) is 2.52. The Bertz CT molecular complexity index is 777. The maximum absolute atomic E-state index is 13.0. The highest BCUT2D eigenvalue weighted by atomic mass is 32.2. The molecule has 0 saturated carbocycles. The van der Waals surface area contributed by atoms with E-state index in [-0.39, 0.29) is 21.9 Å². The molecule has 0 aliphatic carbocycles. The molecule has 0 bridgehead atoms. The quantitative estimate of drug-likeness (QED) is 0.883. The number of aliphatic hydroxyl groups is 1. The molecule has 2 aromatic rings. The molecule has 2 aromatic carbocycles. The van der Waals surface area contributed by atoms with Gasteiger partial charge in [-0.25, -0.2) is 8.42 Å². The van der Waals surface area contributed by atoms with Crippen LogP contribution in [0.25, 0.3) is 0 Å². The molecule has 0 spiro atoms. The van der Waals surface area contributed by atoms with Crippen molar-refractivity contribution in [1.82, 2.24) is 5.32 Å². The number of hydrogen-bond acceptors (Lipinski definition) is 4. The third kappa shape index (κ3) is 4.19. The minimum atomic E-state index is -3.68. The fraction of sp³-hybridized carbons (Fsp3) is 0.333. The van der Waals surface area contributed by atoms with Crippen LogP contribution in [0.15, 0.2) is 58.3 Å². The zero-order chi connectivity index (χ0) is 17.1. The number of benzene rings is 2. The van der Waals surface area contributed by atoms with Gasteiger partial charge in [-0.15, -0.1) is 0 Å². The van der Waals surface area contributed by atoms with Crippen molar-refractivity contribution in [1.29, 1.82) is 0 Å². The van der Waals surface area contributed by atoms with Gasteiger partial charge >= 0.3 is 0 Å². The summed E-state index contributed by atoms with van der Waals surface area (Å²) in [5, 5.41) is 12.7. The smallest absolute Gasteiger partial charge is 0.207 e. The second-order valence-corrected chi connectivity index (χ2v) is 8.37. The molecular formula is C18H23NO3S. The molecule has 0 fully saturated rings. The summed E-state index contributed by atoms with van der Waals surface area (Å²) in [5.74, 6) is 0. The van der Waals surface area contributed by atoms with E-state index in [0.29, 0.717) is 12.1 Å². The molecule has 0 aromatic heterocycles. The van der Waals surface area contributed by atoms with Gasteiger partial charge in [0.2, 0.25) is 9.84 Å². The Hall–Kier alpha value is -1.69. The standard InChI is InChI=1S/C18H23NO3S/c1-18(2,3)19-12-14-8-4-6-10-16(14)23(21,22)17-11-7-5-9-15(17)13-20/h4-11,19-20H,12-13H2,1-3H3. The van der Waals surface area contributed by atoms with Gasteiger partial charge in [-0.3, -0.25) is 0 Å². The Kier molecular flexibility index (Phi) is 5.24. The molecule has 0 radical (unpaired) electrons. The number of hydrogen-bond donors (Lipinski definition) is 2. The first-order valence-corrected chi connectivity index (χ1v) is 9.01. The van der Waals surface area contributed by atoms with Crippen molar-refractivity contribution in [2.24, 2.45) is 0 Å². The van der Waals surface area contributed by atoms with E-state index in [1.807, 2.05) is 32.9 Å². The summed E-state index contributed by atoms with van der Waals surface area (Å²) in [7, 11) is -3.68. The summed E-state index contributed by atoms with van der Waals surface area (Å²) >= 11 is 0. The lowest BCUT2D eigenvalue weighted by Crippen LogP contribution is -2.35. The zero-order valence-corrected chi connectivity index (χ0v) is 14.5. The molecule has 0 aliphatic rings. The van der Waals surface area contributed by atoms with Crippen LogP contribution in [0.5, 0.6) is 0 Å². The number of aliphatic hydroxyl groups excluding tert-OH is 1. The molecule has 0 unspecified atom stereocenters. The predicted molar refractivity (Wildman–Crippen MR) is 90.9 cm³/mol. The molecule has 2 N–H and O–H groups in total. The molecule has 0 heterocycles. The highest BCUT2D eigenvalue weighted by Crippen LogP contribution is 2.27. The third-order valence-corrected chi connectivity index (χ3v) is 5.46. The minimum Gasteiger partial charge on any atom is -0.392 e. The van der Waals surface area contributed by atoms with E-state index in [1.165, 1.54) is 6.07 Å². The molecule has 0 aliphatic heterocycles. The van der Waals surface area contributed by atoms with Gasteiger partial charge in [-0.1, -0.05) is 36.4 Å². The Balaban J connectivity index is 2.49. The highest BCUT2D eigenvalue weighted by Gasteiger charge is 2.23. The van der Waals surface area contributed by atoms with Crippen LogP contribution in [0.3, 0.4) is 0 Å². The summed E-state index contributed by atoms with van der Waals surface area (Å²) in [6.45, 7) is 6.25. The van der Waals surface area contributed by atoms with Crippen molar-refractivity contribution in [2.75, 3.05) is 0 Å². The fourth-order valence-electron chi connectivity index (χ4n) is 2.29. The second kappa shape index (κ2) is 6.83. The van der Waals surface area contributed by atoms with E-state index in [4.69, 9.17) is 0 Å². The molecule has 5 heteroatoms. The average molecular weight is 333 g/mol. The van der Waals surface area contributed by atoms with Crippen molar-refractivity contribution in [3.05, 3.63) is 59.7 Å². The first kappa shape index (κ1) is 17.7. The molecule has 0 saturated heterocycles. The molecule has 0 atom stereocenters. The van der Waals surface area contributed by atoms with Crippen LogP contribution >= 0.6 is 0 Å². The van der Waals surface area contributed by atoms with Gasteiger partial charge in [0.05, 0.1) is 16.4 Å². The van der Waals surface area contributed by atoms with Gasteiger partial charge in [-0.2, -0.15) is 0 Å². The van der Waals surface area contributed by atoms with Crippen molar-refractivity contribution in [3.63, 3.8) is 0 Å². The minimum absolute atomic E-state index is 0.111. The fourth-order valence-corrected chi connectivity index (χ4v) is 4.00. The van der Waals surface area contributed by atoms with Crippen LogP contribution in [0.4, 0.5) is 0 Å². The Morgan fingerprint density at radius 3 is 1.91 bits per heavy atom. The predicted octanol–water partition coefficient (Wildman–Crippen LogP) is 2.90. The van der Waals surface area contributed by atoms with E-state index in [9.17, 15) is 13.5 Å². The highest BCUT2D eigenvalue weighted by molar-refractivity contribution is 7.91. The normalized spacial score (nSPS) is 12.3. The second-order valence-electron chi connectivity index (χ2n) is 6.48. The summed E-state index contributed by atoms with van der Waals surface area (Å²) in [6.07, 6.45) is 0. The van der Waals surface area contributed by atoms with Crippen LogP contribution in [0.1, 0.15) is 31.9 Å². The summed E-state index contributed by atoms with van der Waals surface area (Å²) in [5.41, 5.74) is 1.01. The first-order valence-electron chi connectivity index (χ1n) is 7.52. The number of rotatable bonds is 5. The summed E-state index contributed by atoms with van der Waals surface area (Å²) < 4.78 is 26.0. The largest absolute Gasteiger partial charge is 0.392 e. The molecule has 124 valence electrons. The monoisotopic (exact) mass is 333 g/mol. The number of nitrogens with one attached hydrogen (secondary N) is 1. The van der Waals surface area contributed by atoms with Gasteiger partial charge in [0, 0.05) is 12.1 Å². The van der Waals surface area contributed by atoms with Crippen LogP contribution < -0.4 is 5.32 Å². The third-order valence-electron chi connectivity index (χ3n) is 3.50. The molecule has 2 rings (SSSR count). The molecule has 4 nitrogen and oxygen atoms in total. The van der Waals surface area contributed by atoms with Crippen molar-refractivity contribution < 1.29 is 13.5 Å². The lowest BCUT2D eigenvalue weighted by atomic mass is 10.1. The van der Waals surface area contributed by atoms with Crippen LogP contribution in [0.2, 0.25) is 0 Å². The van der Waals surface area contributed by atoms with Crippen LogP contribution in [-0.2, 0) is 23.0 Å². The Morgan fingerprint density at radius 2 is 1.39 bits per heavy atom. The van der Waals surface area contributed by atoms with E-state index >= 15 is 0 Å². The Labute approximate surface area is 138 Å². The zero-order valence-electron chi connectivity index (χ0n) is 13.7. The first-order chi connectivity index (χ1) is 10.8. The lowest BCUT2D eigenvalue weighted by molar-refractivity contribution is 0.278. The summed E-state index contributed by atoms with van der Waals surface area (Å²) in [4.78, 5) is 0.434. The van der Waals surface area contributed by atoms with Crippen LogP contribution in [0, 0.1) is 0 Å². The maximum Gasteiger partial charge on any atom is 0.207 e. The van der Waals surface area contributed by atoms with E-state index in [0.717, 1.165) is 5.56 Å². The van der Waals surface area contributed by atoms with Crippen molar-refractivity contribution in [2.45, 2.75) is 49.3 Å². The van der Waals surface area contributed by atoms with Crippen molar-refractivity contribution in [3.8, 4) is 0 Å². The van der Waals surface area contributed by atoms with Crippen molar-refractivity contribution >= 4 is 9.84 Å².